The van der Waals surface area contributed by atoms with E-state index < -0.39 is 5.54 Å². The molecule has 0 bridgehead atoms. The molecular formula is C21H23N3O2. The number of amides is 2. The largest absolute Gasteiger partial charge is 0.359 e. The minimum absolute atomic E-state index is 0.0687. The molecule has 1 unspecified atom stereocenters. The zero-order chi connectivity index (χ0) is 18.5. The molecule has 2 aromatic carbocycles. The van der Waals surface area contributed by atoms with Gasteiger partial charge in [-0.25, -0.2) is 0 Å². The van der Waals surface area contributed by atoms with Gasteiger partial charge in [0.1, 0.15) is 5.54 Å². The molecule has 134 valence electrons. The van der Waals surface area contributed by atoms with E-state index in [9.17, 15) is 9.59 Å². The first kappa shape index (κ1) is 16.6. The van der Waals surface area contributed by atoms with Crippen LogP contribution >= 0.6 is 0 Å². The van der Waals surface area contributed by atoms with Gasteiger partial charge in [-0.3, -0.25) is 14.5 Å². The second-order valence-electron chi connectivity index (χ2n) is 7.57. The number of hydrogen-bond donors (Lipinski definition) is 1. The molecule has 0 saturated heterocycles. The van der Waals surface area contributed by atoms with Crippen molar-refractivity contribution < 1.29 is 9.59 Å². The maximum atomic E-state index is 13.3. The molecule has 0 aromatic heterocycles. The molecule has 5 nitrogen and oxygen atoms in total. The van der Waals surface area contributed by atoms with Crippen LogP contribution in [0.25, 0.3) is 0 Å². The zero-order valence-electron chi connectivity index (χ0n) is 15.3. The molecule has 2 aliphatic heterocycles. The van der Waals surface area contributed by atoms with E-state index in [0.717, 1.165) is 17.8 Å². The van der Waals surface area contributed by atoms with E-state index in [4.69, 9.17) is 0 Å². The fourth-order valence-electron chi connectivity index (χ4n) is 3.99. The number of para-hydroxylation sites is 3. The number of carbonyl (C=O) groups is 2. The second-order valence-corrected chi connectivity index (χ2v) is 7.57. The van der Waals surface area contributed by atoms with Crippen LogP contribution in [0.3, 0.4) is 0 Å². The van der Waals surface area contributed by atoms with E-state index in [-0.39, 0.29) is 24.4 Å². The van der Waals surface area contributed by atoms with Gasteiger partial charge in [-0.15, -0.1) is 0 Å². The molecule has 0 aliphatic carbocycles. The molecule has 4 rings (SSSR count). The highest BCUT2D eigenvalue weighted by Crippen LogP contribution is 2.38. The summed E-state index contributed by atoms with van der Waals surface area (Å²) in [5.74, 6) is -0.236. The summed E-state index contributed by atoms with van der Waals surface area (Å²) < 4.78 is 0. The van der Waals surface area contributed by atoms with Crippen molar-refractivity contribution in [1.29, 1.82) is 0 Å². The Bertz CT molecular complexity index is 890. The predicted molar refractivity (Wildman–Crippen MR) is 104 cm³/mol. The number of benzene rings is 2. The Labute approximate surface area is 153 Å². The van der Waals surface area contributed by atoms with E-state index in [1.165, 1.54) is 5.56 Å². The fourth-order valence-corrected chi connectivity index (χ4v) is 3.99. The average molecular weight is 349 g/mol. The number of nitrogens with zero attached hydrogens (tertiary/aromatic N) is 2. The summed E-state index contributed by atoms with van der Waals surface area (Å²) in [5, 5.41) is 2.91. The normalized spacial score (nSPS) is 20.4. The average Bonchev–Trinajstić information content (AvgIpc) is 2.91. The number of hydrogen-bond acceptors (Lipinski definition) is 3. The van der Waals surface area contributed by atoms with Crippen LogP contribution < -0.4 is 15.1 Å². The summed E-state index contributed by atoms with van der Waals surface area (Å²) in [6, 6.07) is 15.9. The van der Waals surface area contributed by atoms with Gasteiger partial charge in [0.05, 0.1) is 17.9 Å². The quantitative estimate of drug-likeness (QED) is 0.906. The van der Waals surface area contributed by atoms with Crippen molar-refractivity contribution >= 4 is 28.9 Å². The van der Waals surface area contributed by atoms with E-state index in [0.29, 0.717) is 5.69 Å². The van der Waals surface area contributed by atoms with Gasteiger partial charge >= 0.3 is 0 Å². The lowest BCUT2D eigenvalue weighted by atomic mass is 9.96. The van der Waals surface area contributed by atoms with Crippen LogP contribution in [0.5, 0.6) is 0 Å². The summed E-state index contributed by atoms with van der Waals surface area (Å²) in [7, 11) is 0. The third-order valence-electron chi connectivity index (χ3n) is 5.41. The molecule has 2 heterocycles. The molecule has 1 atom stereocenters. The van der Waals surface area contributed by atoms with Crippen LogP contribution in [0.15, 0.2) is 48.5 Å². The molecule has 2 aliphatic rings. The van der Waals surface area contributed by atoms with Gasteiger partial charge in [0.25, 0.3) is 0 Å². The number of carbonyl (C=O) groups excluding carboxylic acids is 2. The van der Waals surface area contributed by atoms with Crippen LogP contribution in [-0.4, -0.2) is 29.9 Å². The van der Waals surface area contributed by atoms with Crippen LogP contribution in [0.2, 0.25) is 0 Å². The third-order valence-corrected chi connectivity index (χ3v) is 5.41. The molecule has 2 amide bonds. The molecule has 26 heavy (non-hydrogen) atoms. The van der Waals surface area contributed by atoms with Gasteiger partial charge in [-0.1, -0.05) is 30.3 Å². The third kappa shape index (κ3) is 2.46. The Morgan fingerprint density at radius 1 is 1.12 bits per heavy atom. The summed E-state index contributed by atoms with van der Waals surface area (Å²) >= 11 is 0. The minimum Gasteiger partial charge on any atom is -0.359 e. The minimum atomic E-state index is -0.937. The van der Waals surface area contributed by atoms with Crippen molar-refractivity contribution in [2.75, 3.05) is 21.7 Å². The van der Waals surface area contributed by atoms with Crippen molar-refractivity contribution in [3.63, 3.8) is 0 Å². The lowest BCUT2D eigenvalue weighted by Crippen LogP contribution is -2.60. The molecule has 0 saturated carbocycles. The van der Waals surface area contributed by atoms with Crippen molar-refractivity contribution in [2.24, 2.45) is 0 Å². The van der Waals surface area contributed by atoms with Gasteiger partial charge in [0.15, 0.2) is 0 Å². The first-order valence-electron chi connectivity index (χ1n) is 8.97. The highest BCUT2D eigenvalue weighted by Gasteiger charge is 2.44. The molecule has 1 N–H and O–H groups in total. The Balaban J connectivity index is 1.69. The Hall–Kier alpha value is -2.82. The Morgan fingerprint density at radius 3 is 2.54 bits per heavy atom. The van der Waals surface area contributed by atoms with E-state index >= 15 is 0 Å². The van der Waals surface area contributed by atoms with Crippen molar-refractivity contribution in [1.82, 2.24) is 0 Å². The fraction of sp³-hybridized carbons (Fsp3) is 0.333. The monoisotopic (exact) mass is 349 g/mol. The highest BCUT2D eigenvalue weighted by atomic mass is 16.2. The van der Waals surface area contributed by atoms with Gasteiger partial charge in [0, 0.05) is 11.7 Å². The maximum absolute atomic E-state index is 13.3. The van der Waals surface area contributed by atoms with E-state index in [1.807, 2.05) is 36.4 Å². The molecular weight excluding hydrogens is 326 g/mol. The summed E-state index contributed by atoms with van der Waals surface area (Å²) in [6.07, 6.45) is 0.934. The molecule has 2 aromatic rings. The predicted octanol–water partition coefficient (Wildman–Crippen LogP) is 3.20. The van der Waals surface area contributed by atoms with Gasteiger partial charge in [-0.05, 0) is 51.0 Å². The van der Waals surface area contributed by atoms with Gasteiger partial charge in [-0.2, -0.15) is 0 Å². The highest BCUT2D eigenvalue weighted by molar-refractivity contribution is 6.14. The summed E-state index contributed by atoms with van der Waals surface area (Å²) in [4.78, 5) is 29.7. The standard InChI is InChI=1S/C21H23N3O2/c1-14-12-15-8-4-6-10-17(15)23(14)13-19(25)24-18-11-7-5-9-16(18)22-20(26)21(24,2)3/h4-11,14H,12-13H2,1-3H3,(H,22,26). The summed E-state index contributed by atoms with van der Waals surface area (Å²) in [5.41, 5.74) is 2.88. The number of rotatable bonds is 2. The van der Waals surface area contributed by atoms with Crippen molar-refractivity contribution in [3.8, 4) is 0 Å². The summed E-state index contributed by atoms with van der Waals surface area (Å²) in [6.45, 7) is 5.97. The molecule has 5 heteroatoms. The molecule has 0 radical (unpaired) electrons. The van der Waals surface area contributed by atoms with Crippen LogP contribution in [0.4, 0.5) is 17.1 Å². The van der Waals surface area contributed by atoms with Crippen LogP contribution in [0, 0.1) is 0 Å². The van der Waals surface area contributed by atoms with Gasteiger partial charge < -0.3 is 10.2 Å². The topological polar surface area (TPSA) is 52.7 Å². The maximum Gasteiger partial charge on any atom is 0.250 e. The SMILES string of the molecule is CC1Cc2ccccc2N1CC(=O)N1c2ccccc2NC(=O)C1(C)C. The van der Waals surface area contributed by atoms with Gasteiger partial charge in [0.2, 0.25) is 11.8 Å². The first-order chi connectivity index (χ1) is 12.4. The lowest BCUT2D eigenvalue weighted by Gasteiger charge is -2.43. The van der Waals surface area contributed by atoms with Crippen LogP contribution in [-0.2, 0) is 16.0 Å². The number of fused-ring (bicyclic) bond motifs is 2. The zero-order valence-corrected chi connectivity index (χ0v) is 15.3. The Morgan fingerprint density at radius 2 is 1.77 bits per heavy atom. The lowest BCUT2D eigenvalue weighted by molar-refractivity contribution is -0.125. The van der Waals surface area contributed by atoms with E-state index in [2.05, 4.69) is 29.3 Å². The van der Waals surface area contributed by atoms with Crippen LogP contribution in [0.1, 0.15) is 26.3 Å². The first-order valence-corrected chi connectivity index (χ1v) is 8.97. The van der Waals surface area contributed by atoms with Crippen molar-refractivity contribution in [3.05, 3.63) is 54.1 Å². The molecule has 0 fully saturated rings. The second kappa shape index (κ2) is 5.87. The number of nitrogens with one attached hydrogen (secondary N) is 1. The molecule has 0 spiro atoms. The number of anilines is 3. The Kier molecular flexibility index (Phi) is 3.75. The van der Waals surface area contributed by atoms with Crippen molar-refractivity contribution in [2.45, 2.75) is 38.8 Å². The smallest absolute Gasteiger partial charge is 0.250 e. The van der Waals surface area contributed by atoms with E-state index in [1.54, 1.807) is 18.7 Å².